The van der Waals surface area contributed by atoms with Gasteiger partial charge in [0, 0.05) is 92.9 Å². The first-order chi connectivity index (χ1) is 25.4. The van der Waals surface area contributed by atoms with Gasteiger partial charge in [0.2, 0.25) is 0 Å². The Kier molecular flexibility index (Phi) is 7.65. The Hall–Kier alpha value is -6.54. The molecule has 7 aromatic rings. The number of pyridine rings is 4. The topological polar surface area (TPSA) is 72.9 Å². The SMILES string of the molecule is C[n+]1ccc(-c2c3nc(c(-c4cc[n+](C)cc4)c4ccc([nH]4)c(-c4cc[n+](C)cc4)c4nc(c(-c5cc[n+](C)cc5)c5ccc2[nH]5)CC4)C=C3)cc1. The summed E-state index contributed by atoms with van der Waals surface area (Å²) in [5.74, 6) is 0. The van der Waals surface area contributed by atoms with Gasteiger partial charge in [-0.2, -0.15) is 0 Å². The Balaban J connectivity index is 1.46. The molecule has 0 aliphatic carbocycles. The summed E-state index contributed by atoms with van der Waals surface area (Å²) in [6.45, 7) is 0. The zero-order chi connectivity index (χ0) is 35.3. The number of nitrogens with one attached hydrogen (secondary N) is 2. The second-order valence-corrected chi connectivity index (χ2v) is 13.8. The third kappa shape index (κ3) is 5.68. The zero-order valence-corrected chi connectivity index (χ0v) is 29.8. The molecule has 2 N–H and O–H groups in total. The molecule has 0 amide bonds. The van der Waals surface area contributed by atoms with Crippen LogP contribution in [-0.2, 0) is 41.0 Å². The van der Waals surface area contributed by atoms with Gasteiger partial charge in [-0.1, -0.05) is 0 Å². The van der Waals surface area contributed by atoms with Crippen molar-refractivity contribution in [1.82, 2.24) is 19.9 Å². The Morgan fingerprint density at radius 3 is 1.00 bits per heavy atom. The van der Waals surface area contributed by atoms with Gasteiger partial charge in [-0.3, -0.25) is 4.98 Å². The average molecular weight is 681 g/mol. The van der Waals surface area contributed by atoms with Crippen LogP contribution < -0.4 is 18.3 Å². The molecule has 9 heterocycles. The molecule has 0 fully saturated rings. The molecule has 9 rings (SSSR count). The van der Waals surface area contributed by atoms with E-state index in [9.17, 15) is 0 Å². The van der Waals surface area contributed by atoms with E-state index in [1.54, 1.807) is 0 Å². The summed E-state index contributed by atoms with van der Waals surface area (Å²) in [6, 6.07) is 26.1. The lowest BCUT2D eigenvalue weighted by Crippen LogP contribution is -2.25. The number of aryl methyl sites for hydroxylation is 6. The van der Waals surface area contributed by atoms with Crippen LogP contribution in [0.5, 0.6) is 0 Å². The highest BCUT2D eigenvalue weighted by molar-refractivity contribution is 5.97. The number of aromatic amines is 2. The number of rotatable bonds is 4. The highest BCUT2D eigenvalue weighted by Crippen LogP contribution is 2.37. The molecule has 8 bridgehead atoms. The van der Waals surface area contributed by atoms with E-state index < -0.39 is 0 Å². The van der Waals surface area contributed by atoms with Crippen molar-refractivity contribution < 1.29 is 18.3 Å². The van der Waals surface area contributed by atoms with Gasteiger partial charge in [0.25, 0.3) is 0 Å². The lowest BCUT2D eigenvalue weighted by atomic mass is 10.0. The summed E-state index contributed by atoms with van der Waals surface area (Å²) < 4.78 is 8.25. The number of hydrogen-bond donors (Lipinski definition) is 2. The molecule has 0 radical (unpaired) electrons. The first-order valence-electron chi connectivity index (χ1n) is 17.7. The van der Waals surface area contributed by atoms with Crippen molar-refractivity contribution in [2.45, 2.75) is 12.8 Å². The van der Waals surface area contributed by atoms with Gasteiger partial charge in [-0.25, -0.2) is 23.3 Å². The molecule has 0 aromatic carbocycles. The molecule has 252 valence electrons. The highest BCUT2D eigenvalue weighted by Gasteiger charge is 2.22. The van der Waals surface area contributed by atoms with Crippen LogP contribution in [0.3, 0.4) is 0 Å². The van der Waals surface area contributed by atoms with E-state index in [-0.39, 0.29) is 0 Å². The number of H-pyrrole nitrogens is 2. The van der Waals surface area contributed by atoms with Gasteiger partial charge in [0.15, 0.2) is 49.6 Å². The predicted octanol–water partition coefficient (Wildman–Crippen LogP) is 6.24. The molecule has 0 unspecified atom stereocenters. The van der Waals surface area contributed by atoms with Crippen molar-refractivity contribution in [3.63, 3.8) is 0 Å². The van der Waals surface area contributed by atoms with Crippen molar-refractivity contribution in [3.05, 3.63) is 145 Å². The summed E-state index contributed by atoms with van der Waals surface area (Å²) in [5.41, 5.74) is 16.8. The van der Waals surface area contributed by atoms with Crippen molar-refractivity contribution in [2.24, 2.45) is 28.2 Å². The smallest absolute Gasteiger partial charge is 0.169 e. The van der Waals surface area contributed by atoms with E-state index in [0.717, 1.165) is 102 Å². The summed E-state index contributed by atoms with van der Waals surface area (Å²) in [4.78, 5) is 18.6. The Morgan fingerprint density at radius 1 is 0.385 bits per heavy atom. The lowest BCUT2D eigenvalue weighted by molar-refractivity contribution is -0.671. The fourth-order valence-electron chi connectivity index (χ4n) is 7.40. The summed E-state index contributed by atoms with van der Waals surface area (Å²) in [7, 11) is 8.18. The quantitative estimate of drug-likeness (QED) is 0.216. The lowest BCUT2D eigenvalue weighted by Gasteiger charge is -2.06. The van der Waals surface area contributed by atoms with Crippen molar-refractivity contribution in [3.8, 4) is 44.5 Å². The van der Waals surface area contributed by atoms with Crippen molar-refractivity contribution in [1.29, 1.82) is 0 Å². The maximum Gasteiger partial charge on any atom is 0.169 e. The maximum absolute atomic E-state index is 5.50. The number of hydrogen-bond acceptors (Lipinski definition) is 2. The Bertz CT molecular complexity index is 2500. The van der Waals surface area contributed by atoms with Gasteiger partial charge < -0.3 is 9.97 Å². The standard InChI is InChI=1S/C44H39N8/c1-49-21-13-29(14-22-49)41-33-5-7-35(45-33)42(30-15-23-50(2)24-16-30)37-9-11-39(47-37)44(32-19-27-52(4)28-20-32)40-12-10-38(48-40)43(36-8-6-34(41)46-36)31-17-25-51(3)26-18-31/h5-9,11,13-28H,10,12H2,1-4H3,(H,45,46,47)/q+3/p+1. The van der Waals surface area contributed by atoms with Gasteiger partial charge >= 0.3 is 0 Å². The second kappa shape index (κ2) is 12.7. The normalized spacial score (nSPS) is 12.4. The largest absolute Gasteiger partial charge is 0.354 e. The molecule has 0 saturated heterocycles. The molecule has 8 heteroatoms. The highest BCUT2D eigenvalue weighted by atomic mass is 14.9. The predicted molar refractivity (Wildman–Crippen MR) is 204 cm³/mol. The van der Waals surface area contributed by atoms with E-state index in [2.05, 4.69) is 163 Å². The summed E-state index contributed by atoms with van der Waals surface area (Å²) in [6.07, 6.45) is 22.7. The van der Waals surface area contributed by atoms with Gasteiger partial charge in [-0.15, -0.1) is 0 Å². The minimum Gasteiger partial charge on any atom is -0.354 e. The van der Waals surface area contributed by atoms with Crippen molar-refractivity contribution >= 4 is 34.2 Å². The average Bonchev–Trinajstić information content (AvgIpc) is 3.99. The molecule has 0 atom stereocenters. The molecule has 2 aliphatic rings. The van der Waals surface area contributed by atoms with E-state index >= 15 is 0 Å². The van der Waals surface area contributed by atoms with Crippen LogP contribution in [0.2, 0.25) is 0 Å². The van der Waals surface area contributed by atoms with Crippen LogP contribution >= 0.6 is 0 Å². The Morgan fingerprint density at radius 2 is 0.673 bits per heavy atom. The fourth-order valence-corrected chi connectivity index (χ4v) is 7.40. The minimum absolute atomic E-state index is 0.829. The van der Waals surface area contributed by atoms with E-state index in [0.29, 0.717) is 0 Å². The molecule has 52 heavy (non-hydrogen) atoms. The zero-order valence-electron chi connectivity index (χ0n) is 29.8. The summed E-state index contributed by atoms with van der Waals surface area (Å²) in [5, 5.41) is 0. The van der Waals surface area contributed by atoms with Crippen LogP contribution in [0.4, 0.5) is 0 Å². The molecular weight excluding hydrogens is 641 g/mol. The van der Waals surface area contributed by atoms with Crippen LogP contribution in [0.15, 0.2) is 122 Å². The number of nitrogens with zero attached hydrogens (tertiary/aromatic N) is 6. The molecule has 7 aromatic heterocycles. The number of aromatic nitrogens is 8. The van der Waals surface area contributed by atoms with Crippen molar-refractivity contribution in [2.75, 3.05) is 0 Å². The first kappa shape index (κ1) is 31.4. The summed E-state index contributed by atoms with van der Waals surface area (Å²) >= 11 is 0. The minimum atomic E-state index is 0.829. The molecule has 0 spiro atoms. The van der Waals surface area contributed by atoms with Crippen LogP contribution in [0.1, 0.15) is 22.8 Å². The van der Waals surface area contributed by atoms with Crippen LogP contribution in [-0.4, -0.2) is 19.9 Å². The van der Waals surface area contributed by atoms with Crippen LogP contribution in [0.25, 0.3) is 78.7 Å². The van der Waals surface area contributed by atoms with Gasteiger partial charge in [0.1, 0.15) is 28.2 Å². The molecule has 8 nitrogen and oxygen atoms in total. The Labute approximate surface area is 302 Å². The number of fused-ring (bicyclic) bond motifs is 8. The van der Waals surface area contributed by atoms with E-state index in [1.807, 2.05) is 28.2 Å². The molecule has 0 saturated carbocycles. The second-order valence-electron chi connectivity index (χ2n) is 13.8. The van der Waals surface area contributed by atoms with E-state index in [1.165, 1.54) is 0 Å². The van der Waals surface area contributed by atoms with E-state index in [4.69, 9.17) is 9.97 Å². The molecule has 2 aliphatic heterocycles. The maximum atomic E-state index is 5.50. The molecular formula is C44H40N8+4. The van der Waals surface area contributed by atoms with Crippen LogP contribution in [0, 0.1) is 0 Å². The third-order valence-corrected chi connectivity index (χ3v) is 10.1. The first-order valence-corrected chi connectivity index (χ1v) is 17.7. The van der Waals surface area contributed by atoms with Gasteiger partial charge in [0.05, 0.1) is 22.8 Å². The van der Waals surface area contributed by atoms with Gasteiger partial charge in [-0.05, 0) is 71.5 Å². The third-order valence-electron chi connectivity index (χ3n) is 10.1. The monoisotopic (exact) mass is 680 g/mol. The fraction of sp³-hybridized carbons (Fsp3) is 0.136.